The third kappa shape index (κ3) is 2.99. The van der Waals surface area contributed by atoms with Gasteiger partial charge in [0.15, 0.2) is 0 Å². The fraction of sp³-hybridized carbons (Fsp3) is 0.238. The minimum absolute atomic E-state index is 0.524. The van der Waals surface area contributed by atoms with Gasteiger partial charge in [-0.25, -0.2) is 9.97 Å². The molecule has 0 saturated carbocycles. The van der Waals surface area contributed by atoms with E-state index in [2.05, 4.69) is 82.6 Å². The topological polar surface area (TPSA) is 42.2 Å². The molecule has 4 aromatic rings. The Bertz CT molecular complexity index is 1040. The molecule has 3 heterocycles. The van der Waals surface area contributed by atoms with Gasteiger partial charge in [0.2, 0.25) is 5.78 Å². The summed E-state index contributed by atoms with van der Waals surface area (Å²) in [5.74, 6) is 2.21. The maximum Gasteiger partial charge on any atom is 0.236 e. The summed E-state index contributed by atoms with van der Waals surface area (Å²) >= 11 is 1.67. The van der Waals surface area contributed by atoms with E-state index in [4.69, 9.17) is 4.98 Å². The van der Waals surface area contributed by atoms with Crippen LogP contribution < -0.4 is 5.32 Å². The summed E-state index contributed by atoms with van der Waals surface area (Å²) in [6.45, 7) is 8.51. The molecule has 0 fully saturated rings. The molecule has 1 N–H and O–H groups in total. The molecule has 0 aliphatic heterocycles. The predicted octanol–water partition coefficient (Wildman–Crippen LogP) is 5.94. The number of fused-ring (bicyclic) bond motifs is 1. The van der Waals surface area contributed by atoms with Gasteiger partial charge in [0.05, 0.1) is 0 Å². The Balaban J connectivity index is 1.85. The molecule has 0 aliphatic rings. The minimum atomic E-state index is 0.524. The zero-order chi connectivity index (χ0) is 18.3. The van der Waals surface area contributed by atoms with Crippen molar-refractivity contribution < 1.29 is 0 Å². The van der Waals surface area contributed by atoms with Gasteiger partial charge in [0.25, 0.3) is 0 Å². The lowest BCUT2D eigenvalue weighted by atomic mass is 10.0. The molecule has 0 atom stereocenters. The highest BCUT2D eigenvalue weighted by Gasteiger charge is 2.17. The molecular weight excluding hydrogens is 340 g/mol. The van der Waals surface area contributed by atoms with Crippen LogP contribution in [0.25, 0.3) is 17.0 Å². The van der Waals surface area contributed by atoms with Gasteiger partial charge in [-0.3, -0.25) is 4.40 Å². The Morgan fingerprint density at radius 3 is 2.46 bits per heavy atom. The first-order valence-corrected chi connectivity index (χ1v) is 9.73. The highest BCUT2D eigenvalue weighted by atomic mass is 32.1. The molecule has 1 aromatic carbocycles. The zero-order valence-corrected chi connectivity index (χ0v) is 16.3. The number of rotatable bonds is 4. The van der Waals surface area contributed by atoms with Crippen LogP contribution >= 0.6 is 11.3 Å². The third-order valence-electron chi connectivity index (χ3n) is 4.54. The molecule has 0 radical (unpaired) electrons. The van der Waals surface area contributed by atoms with Crippen LogP contribution in [0.15, 0.2) is 47.2 Å². The summed E-state index contributed by atoms with van der Waals surface area (Å²) in [6, 6.07) is 12.8. The molecule has 0 bridgehead atoms. The van der Waals surface area contributed by atoms with Gasteiger partial charge in [0, 0.05) is 28.0 Å². The molecule has 4 nitrogen and oxygen atoms in total. The summed E-state index contributed by atoms with van der Waals surface area (Å²) in [5.41, 5.74) is 6.51. The SMILES string of the molecule is Cc1cc(C)n2c(Nc3ccc(C(C)C)cc3)c(-c3ccsc3)nc2n1. The van der Waals surface area contributed by atoms with E-state index in [9.17, 15) is 0 Å². The van der Waals surface area contributed by atoms with Crippen LogP contribution in [-0.2, 0) is 0 Å². The van der Waals surface area contributed by atoms with Crippen molar-refractivity contribution in [1.29, 1.82) is 0 Å². The standard InChI is InChI=1S/C21H22N4S/c1-13(2)16-5-7-18(8-6-16)23-20-19(17-9-10-26-12-17)24-21-22-14(3)11-15(4)25(20)21/h5-13,23H,1-4H3. The van der Waals surface area contributed by atoms with Gasteiger partial charge >= 0.3 is 0 Å². The summed E-state index contributed by atoms with van der Waals surface area (Å²) in [6.07, 6.45) is 0. The van der Waals surface area contributed by atoms with Crippen LogP contribution in [0.4, 0.5) is 11.5 Å². The van der Waals surface area contributed by atoms with Crippen molar-refractivity contribution >= 4 is 28.6 Å². The Kier molecular flexibility index (Phi) is 4.24. The second kappa shape index (κ2) is 6.57. The first-order chi connectivity index (χ1) is 12.5. The normalized spacial score (nSPS) is 11.4. The number of aromatic nitrogens is 3. The summed E-state index contributed by atoms with van der Waals surface area (Å²) in [7, 11) is 0. The highest BCUT2D eigenvalue weighted by molar-refractivity contribution is 7.08. The number of benzene rings is 1. The van der Waals surface area contributed by atoms with E-state index in [1.807, 2.05) is 6.92 Å². The summed E-state index contributed by atoms with van der Waals surface area (Å²) < 4.78 is 2.09. The number of nitrogens with one attached hydrogen (secondary N) is 1. The van der Waals surface area contributed by atoms with Gasteiger partial charge in [-0.15, -0.1) is 0 Å². The van der Waals surface area contributed by atoms with E-state index in [1.54, 1.807) is 11.3 Å². The van der Waals surface area contributed by atoms with Gasteiger partial charge in [-0.2, -0.15) is 11.3 Å². The van der Waals surface area contributed by atoms with E-state index in [1.165, 1.54) is 5.56 Å². The number of aryl methyl sites for hydroxylation is 2. The Hall–Kier alpha value is -2.66. The maximum absolute atomic E-state index is 4.81. The first kappa shape index (κ1) is 16.8. The summed E-state index contributed by atoms with van der Waals surface area (Å²) in [5, 5.41) is 7.77. The Labute approximate surface area is 157 Å². The van der Waals surface area contributed by atoms with Crippen LogP contribution in [0.1, 0.15) is 36.7 Å². The van der Waals surface area contributed by atoms with Gasteiger partial charge in [0.1, 0.15) is 11.5 Å². The molecule has 0 spiro atoms. The number of imidazole rings is 1. The van der Waals surface area contributed by atoms with Crippen LogP contribution in [0.3, 0.4) is 0 Å². The second-order valence-corrected chi connectivity index (χ2v) is 7.68. The molecule has 0 aliphatic carbocycles. The van der Waals surface area contributed by atoms with E-state index in [0.29, 0.717) is 5.92 Å². The van der Waals surface area contributed by atoms with Crippen LogP contribution in [-0.4, -0.2) is 14.4 Å². The third-order valence-corrected chi connectivity index (χ3v) is 5.22. The number of thiophene rings is 1. The fourth-order valence-corrected chi connectivity index (χ4v) is 3.82. The molecular formula is C21H22N4S. The minimum Gasteiger partial charge on any atom is -0.339 e. The highest BCUT2D eigenvalue weighted by Crippen LogP contribution is 2.33. The average molecular weight is 363 g/mol. The number of hydrogen-bond acceptors (Lipinski definition) is 4. The van der Waals surface area contributed by atoms with E-state index in [-0.39, 0.29) is 0 Å². The van der Waals surface area contributed by atoms with Gasteiger partial charge < -0.3 is 5.32 Å². The monoisotopic (exact) mass is 362 g/mol. The quantitative estimate of drug-likeness (QED) is 0.488. The lowest BCUT2D eigenvalue weighted by Crippen LogP contribution is -2.01. The second-order valence-electron chi connectivity index (χ2n) is 6.90. The predicted molar refractivity (Wildman–Crippen MR) is 110 cm³/mol. The molecule has 3 aromatic heterocycles. The van der Waals surface area contributed by atoms with Crippen molar-refractivity contribution in [3.05, 3.63) is 64.1 Å². The lowest BCUT2D eigenvalue weighted by Gasteiger charge is -2.12. The van der Waals surface area contributed by atoms with Crippen LogP contribution in [0.5, 0.6) is 0 Å². The van der Waals surface area contributed by atoms with Crippen molar-refractivity contribution in [2.24, 2.45) is 0 Å². The number of nitrogens with zero attached hydrogens (tertiary/aromatic N) is 3. The maximum atomic E-state index is 4.81. The van der Waals surface area contributed by atoms with Gasteiger partial charge in [-0.1, -0.05) is 26.0 Å². The van der Waals surface area contributed by atoms with E-state index < -0.39 is 0 Å². The molecule has 0 unspecified atom stereocenters. The molecule has 5 heteroatoms. The molecule has 0 saturated heterocycles. The molecule has 26 heavy (non-hydrogen) atoms. The van der Waals surface area contributed by atoms with Gasteiger partial charge in [-0.05, 0) is 55.0 Å². The van der Waals surface area contributed by atoms with Crippen molar-refractivity contribution in [2.45, 2.75) is 33.6 Å². The van der Waals surface area contributed by atoms with Crippen molar-refractivity contribution in [2.75, 3.05) is 5.32 Å². The average Bonchev–Trinajstić information content (AvgIpc) is 3.23. The fourth-order valence-electron chi connectivity index (χ4n) is 3.18. The smallest absolute Gasteiger partial charge is 0.236 e. The van der Waals surface area contributed by atoms with Crippen LogP contribution in [0.2, 0.25) is 0 Å². The van der Waals surface area contributed by atoms with E-state index in [0.717, 1.165) is 39.9 Å². The summed E-state index contributed by atoms with van der Waals surface area (Å²) in [4.78, 5) is 9.44. The van der Waals surface area contributed by atoms with Crippen molar-refractivity contribution in [1.82, 2.24) is 14.4 Å². The largest absolute Gasteiger partial charge is 0.339 e. The molecule has 4 rings (SSSR count). The zero-order valence-electron chi connectivity index (χ0n) is 15.4. The number of anilines is 2. The Morgan fingerprint density at radius 1 is 1.04 bits per heavy atom. The van der Waals surface area contributed by atoms with Crippen molar-refractivity contribution in [3.63, 3.8) is 0 Å². The van der Waals surface area contributed by atoms with Crippen LogP contribution in [0, 0.1) is 13.8 Å². The molecule has 132 valence electrons. The Morgan fingerprint density at radius 2 is 1.81 bits per heavy atom. The lowest BCUT2D eigenvalue weighted by molar-refractivity contribution is 0.867. The first-order valence-electron chi connectivity index (χ1n) is 8.79. The number of hydrogen-bond donors (Lipinski definition) is 1. The van der Waals surface area contributed by atoms with Crippen molar-refractivity contribution in [3.8, 4) is 11.3 Å². The van der Waals surface area contributed by atoms with E-state index >= 15 is 0 Å². The molecule has 0 amide bonds.